The molecule has 1 saturated heterocycles. The summed E-state index contributed by atoms with van der Waals surface area (Å²) < 4.78 is 0.344. The third-order valence-corrected chi connectivity index (χ3v) is 5.89. The van der Waals surface area contributed by atoms with Gasteiger partial charge in [0.05, 0.1) is 4.91 Å². The molecular weight excluding hydrogens is 350 g/mol. The zero-order chi connectivity index (χ0) is 16.2. The number of thioether (sulfide) groups is 1. The van der Waals surface area contributed by atoms with Crippen molar-refractivity contribution in [1.82, 2.24) is 15.8 Å². The summed E-state index contributed by atoms with van der Waals surface area (Å²) in [6.07, 6.45) is 7.27. The summed E-state index contributed by atoms with van der Waals surface area (Å²) in [6, 6.07) is 3.67. The van der Waals surface area contributed by atoms with Crippen molar-refractivity contribution in [3.05, 3.63) is 27.3 Å². The molecule has 1 aromatic rings. The summed E-state index contributed by atoms with van der Waals surface area (Å²) in [5.41, 5.74) is 2.57. The number of amides is 3. The van der Waals surface area contributed by atoms with Crippen LogP contribution in [0.25, 0.3) is 6.08 Å². The summed E-state index contributed by atoms with van der Waals surface area (Å²) in [4.78, 5) is 26.0. The third kappa shape index (κ3) is 4.13. The van der Waals surface area contributed by atoms with E-state index in [1.807, 2.05) is 17.5 Å². The second-order valence-corrected chi connectivity index (χ2v) is 8.11. The van der Waals surface area contributed by atoms with Gasteiger partial charge in [0.15, 0.2) is 4.32 Å². The van der Waals surface area contributed by atoms with Gasteiger partial charge >= 0.3 is 6.03 Å². The summed E-state index contributed by atoms with van der Waals surface area (Å²) in [6.45, 7) is 0. The van der Waals surface area contributed by atoms with Crippen LogP contribution in [0.15, 0.2) is 22.4 Å². The molecule has 1 aliphatic heterocycles. The van der Waals surface area contributed by atoms with Crippen LogP contribution in [0, 0.1) is 0 Å². The van der Waals surface area contributed by atoms with Crippen LogP contribution in [0.2, 0.25) is 0 Å². The molecule has 0 radical (unpaired) electrons. The lowest BCUT2D eigenvalue weighted by molar-refractivity contribution is -0.123. The highest BCUT2D eigenvalue weighted by Gasteiger charge is 2.34. The molecular formula is C15H17N3O2S3. The highest BCUT2D eigenvalue weighted by Crippen LogP contribution is 2.32. The minimum atomic E-state index is -0.370. The molecule has 0 unspecified atom stereocenters. The zero-order valence-electron chi connectivity index (χ0n) is 12.4. The van der Waals surface area contributed by atoms with E-state index in [4.69, 9.17) is 12.2 Å². The molecule has 1 aromatic heterocycles. The van der Waals surface area contributed by atoms with Gasteiger partial charge in [0, 0.05) is 10.9 Å². The van der Waals surface area contributed by atoms with Gasteiger partial charge in [0.2, 0.25) is 0 Å². The van der Waals surface area contributed by atoms with Crippen molar-refractivity contribution in [2.24, 2.45) is 0 Å². The van der Waals surface area contributed by atoms with Crippen LogP contribution < -0.4 is 10.7 Å². The van der Waals surface area contributed by atoms with Crippen molar-refractivity contribution < 1.29 is 9.59 Å². The predicted octanol–water partition coefficient (Wildman–Crippen LogP) is 3.50. The summed E-state index contributed by atoms with van der Waals surface area (Å²) in [5, 5.41) is 6.01. The zero-order valence-corrected chi connectivity index (χ0v) is 14.9. The van der Waals surface area contributed by atoms with Crippen molar-refractivity contribution in [3.8, 4) is 0 Å². The van der Waals surface area contributed by atoms with E-state index in [9.17, 15) is 9.59 Å². The van der Waals surface area contributed by atoms with E-state index in [0.717, 1.165) is 35.6 Å². The Labute approximate surface area is 148 Å². The monoisotopic (exact) mass is 367 g/mol. The molecule has 122 valence electrons. The SMILES string of the molecule is O=C(NC1CCCCC1)NN1C(=O)/C(=C\c2cccs2)SC1=S. The number of urea groups is 1. The van der Waals surface area contributed by atoms with E-state index in [0.29, 0.717) is 9.23 Å². The first-order valence-electron chi connectivity index (χ1n) is 7.52. The Morgan fingerprint density at radius 2 is 2.13 bits per heavy atom. The normalized spacial score (nSPS) is 21.0. The summed E-state index contributed by atoms with van der Waals surface area (Å²) >= 11 is 7.95. The van der Waals surface area contributed by atoms with Crippen molar-refractivity contribution in [2.45, 2.75) is 38.1 Å². The lowest BCUT2D eigenvalue weighted by atomic mass is 9.96. The lowest BCUT2D eigenvalue weighted by Gasteiger charge is -2.24. The maximum Gasteiger partial charge on any atom is 0.334 e. The third-order valence-electron chi connectivity index (χ3n) is 3.76. The number of hydrogen-bond donors (Lipinski definition) is 2. The molecule has 2 heterocycles. The van der Waals surface area contributed by atoms with E-state index in [1.54, 1.807) is 17.4 Å². The van der Waals surface area contributed by atoms with Crippen LogP contribution in [0.3, 0.4) is 0 Å². The van der Waals surface area contributed by atoms with E-state index in [1.165, 1.54) is 18.2 Å². The lowest BCUT2D eigenvalue weighted by Crippen LogP contribution is -2.51. The molecule has 23 heavy (non-hydrogen) atoms. The Morgan fingerprint density at radius 1 is 1.35 bits per heavy atom. The molecule has 0 bridgehead atoms. The number of rotatable bonds is 3. The van der Waals surface area contributed by atoms with Gasteiger partial charge in [-0.25, -0.2) is 10.2 Å². The average molecular weight is 368 g/mol. The number of hydrogen-bond acceptors (Lipinski definition) is 5. The highest BCUT2D eigenvalue weighted by atomic mass is 32.2. The number of thiocarbonyl (C=S) groups is 1. The Balaban J connectivity index is 1.60. The fraction of sp³-hybridized carbons (Fsp3) is 0.400. The van der Waals surface area contributed by atoms with E-state index >= 15 is 0 Å². The Morgan fingerprint density at radius 3 is 2.83 bits per heavy atom. The van der Waals surface area contributed by atoms with E-state index in [2.05, 4.69) is 10.7 Å². The number of thiophene rings is 1. The number of nitrogens with one attached hydrogen (secondary N) is 2. The molecule has 0 spiro atoms. The van der Waals surface area contributed by atoms with Gasteiger partial charge in [-0.15, -0.1) is 11.3 Å². The standard InChI is InChI=1S/C15H17N3O2S3/c19-13-12(9-11-7-4-8-22-11)23-15(21)18(13)17-14(20)16-10-5-2-1-3-6-10/h4,7-10H,1-3,5-6H2,(H2,16,17,20)/b12-9+. The number of carbonyl (C=O) groups excluding carboxylic acids is 2. The average Bonchev–Trinajstić information content (AvgIpc) is 3.13. The van der Waals surface area contributed by atoms with Gasteiger partial charge in [0.1, 0.15) is 0 Å². The topological polar surface area (TPSA) is 61.4 Å². The van der Waals surface area contributed by atoms with E-state index < -0.39 is 0 Å². The fourth-order valence-electron chi connectivity index (χ4n) is 2.63. The van der Waals surface area contributed by atoms with Gasteiger partial charge in [-0.1, -0.05) is 37.1 Å². The van der Waals surface area contributed by atoms with Crippen LogP contribution in [-0.4, -0.2) is 27.3 Å². The van der Waals surface area contributed by atoms with Crippen LogP contribution in [-0.2, 0) is 4.79 Å². The van der Waals surface area contributed by atoms with Gasteiger partial charge in [0.25, 0.3) is 5.91 Å². The maximum absolute atomic E-state index is 12.4. The first-order valence-corrected chi connectivity index (χ1v) is 9.62. The molecule has 1 aliphatic carbocycles. The maximum atomic E-state index is 12.4. The molecule has 5 nitrogen and oxygen atoms in total. The fourth-order valence-corrected chi connectivity index (χ4v) is 4.54. The number of hydrazine groups is 1. The van der Waals surface area contributed by atoms with Crippen molar-refractivity contribution in [2.75, 3.05) is 0 Å². The number of nitrogens with zero attached hydrogens (tertiary/aromatic N) is 1. The molecule has 1 saturated carbocycles. The second kappa shape index (κ2) is 7.46. The molecule has 2 aliphatic rings. The summed E-state index contributed by atoms with van der Waals surface area (Å²) in [7, 11) is 0. The molecule has 3 rings (SSSR count). The first-order chi connectivity index (χ1) is 11.1. The van der Waals surface area contributed by atoms with Crippen molar-refractivity contribution in [1.29, 1.82) is 0 Å². The van der Waals surface area contributed by atoms with Crippen molar-refractivity contribution in [3.63, 3.8) is 0 Å². The molecule has 0 atom stereocenters. The van der Waals surface area contributed by atoms with Crippen LogP contribution in [0.5, 0.6) is 0 Å². The largest absolute Gasteiger partial charge is 0.334 e. The Hall–Kier alpha value is -1.38. The smallest absolute Gasteiger partial charge is 0.334 e. The Kier molecular flexibility index (Phi) is 5.34. The first kappa shape index (κ1) is 16.5. The molecule has 2 N–H and O–H groups in total. The summed E-state index contributed by atoms with van der Waals surface area (Å²) in [5.74, 6) is -0.285. The quantitative estimate of drug-likeness (QED) is 0.634. The minimum Gasteiger partial charge on any atom is -0.334 e. The van der Waals surface area contributed by atoms with Crippen LogP contribution in [0.4, 0.5) is 4.79 Å². The predicted molar refractivity (Wildman–Crippen MR) is 97.9 cm³/mol. The highest BCUT2D eigenvalue weighted by molar-refractivity contribution is 8.26. The molecule has 8 heteroatoms. The van der Waals surface area contributed by atoms with Crippen LogP contribution in [0.1, 0.15) is 37.0 Å². The van der Waals surface area contributed by atoms with E-state index in [-0.39, 0.29) is 18.0 Å². The molecule has 2 fully saturated rings. The van der Waals surface area contributed by atoms with Gasteiger partial charge < -0.3 is 5.32 Å². The van der Waals surface area contributed by atoms with Gasteiger partial charge in [-0.2, -0.15) is 5.01 Å². The van der Waals surface area contributed by atoms with Gasteiger partial charge in [-0.3, -0.25) is 4.79 Å². The molecule has 3 amide bonds. The molecule has 0 aromatic carbocycles. The van der Waals surface area contributed by atoms with Crippen LogP contribution >= 0.6 is 35.3 Å². The Bertz CT molecular complexity index is 636. The van der Waals surface area contributed by atoms with Gasteiger partial charge in [-0.05, 0) is 42.6 Å². The second-order valence-electron chi connectivity index (χ2n) is 5.45. The minimum absolute atomic E-state index is 0.184. The number of carbonyl (C=O) groups is 2. The van der Waals surface area contributed by atoms with Crippen molar-refractivity contribution >= 4 is 57.7 Å².